The van der Waals surface area contributed by atoms with Gasteiger partial charge in [0.2, 0.25) is 0 Å². The number of carboxylic acid groups (broad SMARTS) is 1. The molecular weight excluding hydrogens is 404 g/mol. The number of nitrogens with one attached hydrogen (secondary N) is 2. The van der Waals surface area contributed by atoms with Crippen LogP contribution in [0.2, 0.25) is 0 Å². The second kappa shape index (κ2) is 8.38. The predicted octanol–water partition coefficient (Wildman–Crippen LogP) is 4.05. The molecule has 0 saturated carbocycles. The molecule has 3 aromatic carbocycles. The fourth-order valence-electron chi connectivity index (χ4n) is 2.92. The second-order valence-electron chi connectivity index (χ2n) is 6.75. The molecule has 1 amide bonds. The first-order valence-corrected chi connectivity index (χ1v) is 10.5. The van der Waals surface area contributed by atoms with E-state index < -0.39 is 21.9 Å². The number of sulfonamides is 1. The first-order chi connectivity index (χ1) is 14.2. The molecule has 3 rings (SSSR count). The van der Waals surface area contributed by atoms with Gasteiger partial charge in [-0.05, 0) is 61.9 Å². The van der Waals surface area contributed by atoms with E-state index in [1.54, 1.807) is 12.1 Å². The molecule has 0 aliphatic heterocycles. The quantitative estimate of drug-likeness (QED) is 0.552. The smallest absolute Gasteiger partial charge is 0.336 e. The van der Waals surface area contributed by atoms with Gasteiger partial charge in [-0.3, -0.25) is 9.52 Å². The van der Waals surface area contributed by atoms with Gasteiger partial charge in [0.05, 0.1) is 21.7 Å². The van der Waals surface area contributed by atoms with Crippen LogP contribution >= 0.6 is 0 Å². The van der Waals surface area contributed by atoms with Crippen molar-refractivity contribution in [1.82, 2.24) is 0 Å². The Balaban J connectivity index is 1.78. The van der Waals surface area contributed by atoms with E-state index in [9.17, 15) is 23.1 Å². The van der Waals surface area contributed by atoms with Crippen molar-refractivity contribution >= 4 is 33.3 Å². The van der Waals surface area contributed by atoms with Crippen LogP contribution in [0.4, 0.5) is 11.4 Å². The standard InChI is InChI=1S/C22H20N2O5S/c1-14-7-12-20(15(2)13-14)24-30(28,29)17-10-8-16(9-11-17)23-21(25)18-5-3-4-6-19(18)22(26)27/h3-13,24H,1-2H3,(H,23,25)(H,26,27). The number of carboxylic acids is 1. The molecular formula is C22H20N2O5S. The maximum absolute atomic E-state index is 12.6. The van der Waals surface area contributed by atoms with Gasteiger partial charge in [0, 0.05) is 5.69 Å². The Labute approximate surface area is 174 Å². The van der Waals surface area contributed by atoms with E-state index in [2.05, 4.69) is 10.0 Å². The van der Waals surface area contributed by atoms with Gasteiger partial charge < -0.3 is 10.4 Å². The molecule has 0 radical (unpaired) electrons. The third-order valence-corrected chi connectivity index (χ3v) is 5.83. The number of hydrogen-bond acceptors (Lipinski definition) is 4. The molecule has 0 aliphatic carbocycles. The number of rotatable bonds is 6. The zero-order chi connectivity index (χ0) is 21.9. The lowest BCUT2D eigenvalue weighted by molar-refractivity contribution is 0.0692. The normalized spacial score (nSPS) is 11.0. The molecule has 0 aliphatic rings. The lowest BCUT2D eigenvalue weighted by Crippen LogP contribution is -2.17. The maximum atomic E-state index is 12.6. The van der Waals surface area contributed by atoms with Crippen LogP contribution in [0.3, 0.4) is 0 Å². The van der Waals surface area contributed by atoms with E-state index in [1.807, 2.05) is 26.0 Å². The highest BCUT2D eigenvalue weighted by Gasteiger charge is 2.18. The largest absolute Gasteiger partial charge is 0.478 e. The summed E-state index contributed by atoms with van der Waals surface area (Å²) in [4.78, 5) is 23.7. The molecule has 154 valence electrons. The first kappa shape index (κ1) is 21.1. The number of amides is 1. The Hall–Kier alpha value is -3.65. The van der Waals surface area contributed by atoms with Crippen LogP contribution in [0, 0.1) is 13.8 Å². The number of carbonyl (C=O) groups is 2. The minimum Gasteiger partial charge on any atom is -0.478 e. The second-order valence-corrected chi connectivity index (χ2v) is 8.44. The van der Waals surface area contributed by atoms with E-state index >= 15 is 0 Å². The summed E-state index contributed by atoms with van der Waals surface area (Å²) in [6.45, 7) is 3.74. The third-order valence-electron chi connectivity index (χ3n) is 4.45. The number of aromatic carboxylic acids is 1. The number of benzene rings is 3. The van der Waals surface area contributed by atoms with Crippen molar-refractivity contribution in [3.8, 4) is 0 Å². The minimum absolute atomic E-state index is 0.0122. The average molecular weight is 424 g/mol. The maximum Gasteiger partial charge on any atom is 0.336 e. The molecule has 0 bridgehead atoms. The molecule has 0 fully saturated rings. The van der Waals surface area contributed by atoms with Crippen LogP contribution in [0.15, 0.2) is 71.6 Å². The van der Waals surface area contributed by atoms with Crippen LogP contribution in [0.25, 0.3) is 0 Å². The summed E-state index contributed by atoms with van der Waals surface area (Å²) >= 11 is 0. The Morgan fingerprint density at radius 2 is 1.50 bits per heavy atom. The molecule has 0 spiro atoms. The summed E-state index contributed by atoms with van der Waals surface area (Å²) in [6, 6.07) is 16.9. The van der Waals surface area contributed by atoms with Gasteiger partial charge in [0.15, 0.2) is 0 Å². The van der Waals surface area contributed by atoms with E-state index in [0.29, 0.717) is 11.4 Å². The zero-order valence-electron chi connectivity index (χ0n) is 16.3. The number of anilines is 2. The number of hydrogen-bond donors (Lipinski definition) is 3. The summed E-state index contributed by atoms with van der Waals surface area (Å²) in [7, 11) is -3.80. The molecule has 8 heteroatoms. The van der Waals surface area contributed by atoms with Crippen molar-refractivity contribution in [2.45, 2.75) is 18.7 Å². The molecule has 3 N–H and O–H groups in total. The van der Waals surface area contributed by atoms with E-state index in [4.69, 9.17) is 0 Å². The molecule has 7 nitrogen and oxygen atoms in total. The van der Waals surface area contributed by atoms with Gasteiger partial charge in [0.1, 0.15) is 0 Å². The van der Waals surface area contributed by atoms with Gasteiger partial charge in [0.25, 0.3) is 15.9 Å². The van der Waals surface area contributed by atoms with Gasteiger partial charge in [-0.1, -0.05) is 29.8 Å². The minimum atomic E-state index is -3.80. The van der Waals surface area contributed by atoms with Crippen molar-refractivity contribution in [2.75, 3.05) is 10.0 Å². The fraction of sp³-hybridized carbons (Fsp3) is 0.0909. The topological polar surface area (TPSA) is 113 Å². The van der Waals surface area contributed by atoms with Crippen LogP contribution < -0.4 is 10.0 Å². The highest BCUT2D eigenvalue weighted by Crippen LogP contribution is 2.22. The Morgan fingerprint density at radius 3 is 2.10 bits per heavy atom. The zero-order valence-corrected chi connectivity index (χ0v) is 17.2. The number of carbonyl (C=O) groups excluding carboxylic acids is 1. The van der Waals surface area contributed by atoms with Crippen molar-refractivity contribution in [3.05, 3.63) is 89.0 Å². The van der Waals surface area contributed by atoms with Gasteiger partial charge in [-0.25, -0.2) is 13.2 Å². The highest BCUT2D eigenvalue weighted by atomic mass is 32.2. The fourth-order valence-corrected chi connectivity index (χ4v) is 4.05. The Bertz CT molecular complexity index is 1220. The summed E-state index contributed by atoms with van der Waals surface area (Å²) in [6.07, 6.45) is 0. The molecule has 0 saturated heterocycles. The molecule has 0 unspecified atom stereocenters. The van der Waals surface area contributed by atoms with E-state index in [-0.39, 0.29) is 16.0 Å². The van der Waals surface area contributed by atoms with E-state index in [0.717, 1.165) is 11.1 Å². The molecule has 0 heterocycles. The van der Waals surface area contributed by atoms with Gasteiger partial charge in [-0.2, -0.15) is 0 Å². The Kier molecular flexibility index (Phi) is 5.89. The first-order valence-electron chi connectivity index (χ1n) is 9.01. The summed E-state index contributed by atoms with van der Waals surface area (Å²) in [5.41, 5.74) is 2.55. The summed E-state index contributed by atoms with van der Waals surface area (Å²) in [5.74, 6) is -1.81. The predicted molar refractivity (Wildman–Crippen MR) is 115 cm³/mol. The van der Waals surface area contributed by atoms with Crippen molar-refractivity contribution in [3.63, 3.8) is 0 Å². The van der Waals surface area contributed by atoms with Crippen LogP contribution in [0.1, 0.15) is 31.8 Å². The monoisotopic (exact) mass is 424 g/mol. The SMILES string of the molecule is Cc1ccc(NS(=O)(=O)c2ccc(NC(=O)c3ccccc3C(=O)O)cc2)c(C)c1. The Morgan fingerprint density at radius 1 is 0.867 bits per heavy atom. The average Bonchev–Trinajstić information content (AvgIpc) is 2.70. The molecule has 3 aromatic rings. The van der Waals surface area contributed by atoms with Crippen LogP contribution in [-0.2, 0) is 10.0 Å². The van der Waals surface area contributed by atoms with Crippen molar-refractivity contribution < 1.29 is 23.1 Å². The van der Waals surface area contributed by atoms with Crippen molar-refractivity contribution in [2.24, 2.45) is 0 Å². The lowest BCUT2D eigenvalue weighted by Gasteiger charge is -2.12. The highest BCUT2D eigenvalue weighted by molar-refractivity contribution is 7.92. The van der Waals surface area contributed by atoms with Crippen molar-refractivity contribution in [1.29, 1.82) is 0 Å². The van der Waals surface area contributed by atoms with Gasteiger partial charge >= 0.3 is 5.97 Å². The molecule has 30 heavy (non-hydrogen) atoms. The van der Waals surface area contributed by atoms with E-state index in [1.165, 1.54) is 42.5 Å². The summed E-state index contributed by atoms with van der Waals surface area (Å²) < 4.78 is 27.9. The third kappa shape index (κ3) is 4.66. The molecule has 0 aromatic heterocycles. The lowest BCUT2D eigenvalue weighted by atomic mass is 10.1. The van der Waals surface area contributed by atoms with Gasteiger partial charge in [-0.15, -0.1) is 0 Å². The van der Waals surface area contributed by atoms with Crippen LogP contribution in [0.5, 0.6) is 0 Å². The van der Waals surface area contributed by atoms with Crippen LogP contribution in [-0.4, -0.2) is 25.4 Å². The summed E-state index contributed by atoms with van der Waals surface area (Å²) in [5, 5.41) is 11.8. The number of aryl methyl sites for hydroxylation is 2. The molecule has 0 atom stereocenters.